The number of imidazole rings is 1. The summed E-state index contributed by atoms with van der Waals surface area (Å²) in [5.41, 5.74) is 8.09. The summed E-state index contributed by atoms with van der Waals surface area (Å²) in [6.07, 6.45) is 3.73. The van der Waals surface area contributed by atoms with E-state index in [9.17, 15) is 14.2 Å². The summed E-state index contributed by atoms with van der Waals surface area (Å²) in [7, 11) is -3.38. The lowest BCUT2D eigenvalue weighted by atomic mass is 10.2. The van der Waals surface area contributed by atoms with E-state index in [1.807, 2.05) is 60.0 Å². The Balaban J connectivity index is 0.000000557. The number of ether oxygens (including phenoxy) is 2. The molecule has 43 heavy (non-hydrogen) atoms. The largest absolute Gasteiger partial charge is 0.478 e. The second kappa shape index (κ2) is 16.7. The lowest BCUT2D eigenvalue weighted by Crippen LogP contribution is -2.25. The van der Waals surface area contributed by atoms with Crippen LogP contribution in [-0.4, -0.2) is 67.3 Å². The van der Waals surface area contributed by atoms with E-state index >= 15 is 0 Å². The quantitative estimate of drug-likeness (QED) is 0.0863. The first-order valence-electron chi connectivity index (χ1n) is 13.0. The molecule has 0 spiro atoms. The molecule has 14 nitrogen and oxygen atoms in total. The van der Waals surface area contributed by atoms with Gasteiger partial charge in [-0.05, 0) is 24.6 Å². The summed E-state index contributed by atoms with van der Waals surface area (Å²) < 4.78 is 32.9. The van der Waals surface area contributed by atoms with Crippen molar-refractivity contribution in [2.24, 2.45) is 0 Å². The Morgan fingerprint density at radius 2 is 1.67 bits per heavy atom. The summed E-state index contributed by atoms with van der Waals surface area (Å²) in [6, 6.07) is 18.9. The maximum Gasteiger partial charge on any atom is 0.342 e. The molecule has 4 aromatic rings. The van der Waals surface area contributed by atoms with E-state index in [2.05, 4.69) is 20.0 Å². The van der Waals surface area contributed by atoms with Crippen molar-refractivity contribution in [3.8, 4) is 5.75 Å². The molecule has 2 aromatic heterocycles. The standard InChI is InChI=1S/C24H29N6O4P.C4H4O4/c1-19(14-30-17-28-22-23(25)26-16-27-24(22)30)33-18-35(31,34-21-10-6-3-7-11-21)29-12-13-32-15-20-8-4-2-5-9-20;5-3(6)1-2-4(7)8/h2-11,16-17,19H,12-15,18H2,1H3,(H,29,31)(H2,25,26,27);1-2H,(H,5,6)(H,7,8)/b;2-1+/t19-,35+;/m1./s1. The molecule has 5 N–H and O–H groups in total. The Bertz CT molecular complexity index is 1520. The lowest BCUT2D eigenvalue weighted by molar-refractivity contribution is -0.134. The van der Waals surface area contributed by atoms with E-state index in [4.69, 9.17) is 29.9 Å². The summed E-state index contributed by atoms with van der Waals surface area (Å²) in [6.45, 7) is 3.52. The van der Waals surface area contributed by atoms with Crippen molar-refractivity contribution in [2.75, 3.05) is 25.2 Å². The zero-order valence-corrected chi connectivity index (χ0v) is 24.2. The number of aromatic nitrogens is 4. The zero-order chi connectivity index (χ0) is 31.1. The molecule has 0 aliphatic heterocycles. The normalized spacial score (nSPS) is 13.1. The topological polar surface area (TPSA) is 201 Å². The highest BCUT2D eigenvalue weighted by Crippen LogP contribution is 2.43. The summed E-state index contributed by atoms with van der Waals surface area (Å²) >= 11 is 0. The number of anilines is 1. The van der Waals surface area contributed by atoms with Gasteiger partial charge < -0.3 is 34.5 Å². The van der Waals surface area contributed by atoms with Crippen molar-refractivity contribution in [3.05, 3.63) is 91.0 Å². The number of nitrogens with two attached hydrogens (primary N) is 1. The van der Waals surface area contributed by atoms with Crippen LogP contribution in [0.1, 0.15) is 12.5 Å². The molecule has 0 saturated heterocycles. The van der Waals surface area contributed by atoms with Crippen molar-refractivity contribution in [2.45, 2.75) is 26.2 Å². The van der Waals surface area contributed by atoms with Gasteiger partial charge >= 0.3 is 19.5 Å². The maximum absolute atomic E-state index is 13.6. The molecular formula is C28H33N6O8P. The zero-order valence-electron chi connectivity index (χ0n) is 23.4. The van der Waals surface area contributed by atoms with Gasteiger partial charge in [0.25, 0.3) is 0 Å². The van der Waals surface area contributed by atoms with Gasteiger partial charge in [-0.15, -0.1) is 0 Å². The van der Waals surface area contributed by atoms with Gasteiger partial charge in [0.05, 0.1) is 32.2 Å². The number of rotatable bonds is 15. The lowest BCUT2D eigenvalue weighted by Gasteiger charge is -2.23. The van der Waals surface area contributed by atoms with Crippen LogP contribution in [0.15, 0.2) is 85.5 Å². The average molecular weight is 613 g/mol. The third-order valence-corrected chi connectivity index (χ3v) is 7.19. The van der Waals surface area contributed by atoms with Crippen molar-refractivity contribution >= 4 is 36.4 Å². The SMILES string of the molecule is C[C@H](Cn1cnc2c(N)ncnc21)OC[P@@](=O)(NCCOCc1ccccc1)Oc1ccccc1.O=C(O)/C=C/C(=O)O. The number of carboxylic acids is 2. The molecule has 2 heterocycles. The number of hydrogen-bond acceptors (Lipinski definition) is 10. The Morgan fingerprint density at radius 3 is 2.33 bits per heavy atom. The number of benzene rings is 2. The van der Waals surface area contributed by atoms with Crippen molar-refractivity contribution in [1.29, 1.82) is 0 Å². The monoisotopic (exact) mass is 612 g/mol. The van der Waals surface area contributed by atoms with Crippen LogP contribution in [0, 0.1) is 0 Å². The molecule has 228 valence electrons. The van der Waals surface area contributed by atoms with Crippen LogP contribution >= 0.6 is 7.52 Å². The molecule has 2 aromatic carbocycles. The minimum absolute atomic E-state index is 0.120. The Kier molecular flexibility index (Phi) is 12.8. The molecule has 0 unspecified atom stereocenters. The highest BCUT2D eigenvalue weighted by molar-refractivity contribution is 7.57. The molecule has 0 radical (unpaired) electrons. The first-order chi connectivity index (χ1) is 20.6. The summed E-state index contributed by atoms with van der Waals surface area (Å²) in [5.74, 6) is -1.70. The molecular weight excluding hydrogens is 579 g/mol. The Labute approximate surface area is 247 Å². The van der Waals surface area contributed by atoms with Gasteiger partial charge in [-0.2, -0.15) is 0 Å². The molecule has 0 saturated carbocycles. The van der Waals surface area contributed by atoms with Gasteiger partial charge in [-0.3, -0.25) is 4.57 Å². The Hall–Kier alpha value is -4.62. The van der Waals surface area contributed by atoms with Gasteiger partial charge in [0.15, 0.2) is 11.5 Å². The predicted octanol–water partition coefficient (Wildman–Crippen LogP) is 3.56. The van der Waals surface area contributed by atoms with Crippen LogP contribution in [0.3, 0.4) is 0 Å². The molecule has 15 heteroatoms. The number of fused-ring (bicyclic) bond motifs is 1. The molecule has 0 amide bonds. The smallest absolute Gasteiger partial charge is 0.342 e. The van der Waals surface area contributed by atoms with E-state index < -0.39 is 19.5 Å². The van der Waals surface area contributed by atoms with E-state index in [0.29, 0.717) is 61.2 Å². The highest BCUT2D eigenvalue weighted by Gasteiger charge is 2.26. The van der Waals surface area contributed by atoms with Crippen molar-refractivity contribution in [1.82, 2.24) is 24.6 Å². The third kappa shape index (κ3) is 11.6. The van der Waals surface area contributed by atoms with Gasteiger partial charge in [0.2, 0.25) is 0 Å². The number of aliphatic carboxylic acids is 2. The predicted molar refractivity (Wildman–Crippen MR) is 158 cm³/mol. The van der Waals surface area contributed by atoms with E-state index in [1.165, 1.54) is 6.33 Å². The number of para-hydroxylation sites is 1. The van der Waals surface area contributed by atoms with Gasteiger partial charge in [-0.1, -0.05) is 48.5 Å². The fourth-order valence-electron chi connectivity index (χ4n) is 3.54. The summed E-state index contributed by atoms with van der Waals surface area (Å²) in [4.78, 5) is 31.6. The highest BCUT2D eigenvalue weighted by atomic mass is 31.2. The number of nitrogens with one attached hydrogen (secondary N) is 1. The van der Waals surface area contributed by atoms with E-state index in [0.717, 1.165) is 5.56 Å². The minimum atomic E-state index is -3.38. The van der Waals surface area contributed by atoms with E-state index in [1.54, 1.807) is 18.5 Å². The molecule has 4 rings (SSSR count). The van der Waals surface area contributed by atoms with Crippen molar-refractivity contribution in [3.63, 3.8) is 0 Å². The molecule has 0 aliphatic rings. The number of hydrogen-bond donors (Lipinski definition) is 4. The van der Waals surface area contributed by atoms with Crippen LogP contribution < -0.4 is 15.3 Å². The Morgan fingerprint density at radius 1 is 1.02 bits per heavy atom. The fraction of sp³-hybridized carbons (Fsp3) is 0.250. The van der Waals surface area contributed by atoms with Crippen LogP contribution in [0.4, 0.5) is 5.82 Å². The second-order valence-corrected chi connectivity index (χ2v) is 11.1. The summed E-state index contributed by atoms with van der Waals surface area (Å²) in [5, 5.41) is 18.6. The molecule has 0 aliphatic carbocycles. The maximum atomic E-state index is 13.6. The number of nitrogens with zero attached hydrogens (tertiary/aromatic N) is 4. The van der Waals surface area contributed by atoms with Crippen LogP contribution in [-0.2, 0) is 36.8 Å². The van der Waals surface area contributed by atoms with Gasteiger partial charge in [-0.25, -0.2) is 29.6 Å². The third-order valence-electron chi connectivity index (χ3n) is 5.49. The van der Waals surface area contributed by atoms with Crippen molar-refractivity contribution < 1.29 is 38.4 Å². The molecule has 0 fully saturated rings. The first kappa shape index (κ1) is 32.9. The van der Waals surface area contributed by atoms with Crippen LogP contribution in [0.25, 0.3) is 11.2 Å². The molecule has 0 bridgehead atoms. The number of nitrogen functional groups attached to an aromatic ring is 1. The first-order valence-corrected chi connectivity index (χ1v) is 14.8. The fourth-order valence-corrected chi connectivity index (χ4v) is 5.09. The van der Waals surface area contributed by atoms with Crippen LogP contribution in [0.5, 0.6) is 5.75 Å². The minimum Gasteiger partial charge on any atom is -0.478 e. The molecule has 2 atom stereocenters. The van der Waals surface area contributed by atoms with Gasteiger partial charge in [0, 0.05) is 18.7 Å². The van der Waals surface area contributed by atoms with E-state index in [-0.39, 0.29) is 12.5 Å². The number of carbonyl (C=O) groups is 2. The van der Waals surface area contributed by atoms with Crippen LogP contribution in [0.2, 0.25) is 0 Å². The van der Waals surface area contributed by atoms with Gasteiger partial charge in [0.1, 0.15) is 23.9 Å². The average Bonchev–Trinajstić information content (AvgIpc) is 3.40. The number of carboxylic acid groups (broad SMARTS) is 2. The second-order valence-electron chi connectivity index (χ2n) is 8.97.